The smallest absolute Gasteiger partial charge is 0.244 e. The van der Waals surface area contributed by atoms with Crippen molar-refractivity contribution < 1.29 is 9.53 Å². The van der Waals surface area contributed by atoms with E-state index < -0.39 is 0 Å². The van der Waals surface area contributed by atoms with Crippen molar-refractivity contribution in [1.82, 2.24) is 15.3 Å². The molecule has 1 aromatic heterocycles. The summed E-state index contributed by atoms with van der Waals surface area (Å²) >= 11 is 0. The molecule has 3 N–H and O–H groups in total. The maximum absolute atomic E-state index is 12.0. The van der Waals surface area contributed by atoms with Crippen LogP contribution in [0.4, 0.5) is 11.6 Å². The third-order valence-corrected chi connectivity index (χ3v) is 3.42. The van der Waals surface area contributed by atoms with Crippen LogP contribution in [0.5, 0.6) is 0 Å². The zero-order valence-electron chi connectivity index (χ0n) is 12.1. The summed E-state index contributed by atoms with van der Waals surface area (Å²) < 4.78 is 5.41. The standard InChI is InChI=1S/C13H21N5O2/c1-8(2)10-11(14)16-7-17-12(10)18-4-5-20-6-9(18)13(19)15-3/h7-9H,4-6H2,1-3H3,(H,15,19)(H2,14,16,17). The van der Waals surface area contributed by atoms with Crippen molar-refractivity contribution in [2.45, 2.75) is 25.8 Å². The van der Waals surface area contributed by atoms with Gasteiger partial charge in [-0.15, -0.1) is 0 Å². The van der Waals surface area contributed by atoms with Crippen LogP contribution in [-0.2, 0) is 9.53 Å². The Balaban J connectivity index is 2.42. The predicted octanol–water partition coefficient (Wildman–Crippen LogP) is 0.133. The molecule has 1 amide bonds. The Morgan fingerprint density at radius 3 is 2.95 bits per heavy atom. The SMILES string of the molecule is CNC(=O)C1COCCN1c1ncnc(N)c1C(C)C. The molecule has 0 spiro atoms. The number of nitrogens with zero attached hydrogens (tertiary/aromatic N) is 3. The zero-order chi connectivity index (χ0) is 14.7. The lowest BCUT2D eigenvalue weighted by Crippen LogP contribution is -2.54. The van der Waals surface area contributed by atoms with Gasteiger partial charge < -0.3 is 20.7 Å². The molecule has 2 rings (SSSR count). The molecule has 1 atom stereocenters. The normalized spacial score (nSPS) is 19.2. The summed E-state index contributed by atoms with van der Waals surface area (Å²) in [5.74, 6) is 1.28. The summed E-state index contributed by atoms with van der Waals surface area (Å²) in [6, 6.07) is -0.388. The average molecular weight is 279 g/mol. The lowest BCUT2D eigenvalue weighted by molar-refractivity contribution is -0.124. The minimum Gasteiger partial charge on any atom is -0.383 e. The lowest BCUT2D eigenvalue weighted by Gasteiger charge is -2.36. The van der Waals surface area contributed by atoms with Gasteiger partial charge in [-0.2, -0.15) is 0 Å². The van der Waals surface area contributed by atoms with Gasteiger partial charge in [-0.05, 0) is 5.92 Å². The first kappa shape index (κ1) is 14.5. The van der Waals surface area contributed by atoms with Crippen molar-refractivity contribution >= 4 is 17.5 Å². The molecule has 0 bridgehead atoms. The van der Waals surface area contributed by atoms with Crippen molar-refractivity contribution in [2.24, 2.45) is 0 Å². The van der Waals surface area contributed by atoms with Crippen molar-refractivity contribution in [3.8, 4) is 0 Å². The van der Waals surface area contributed by atoms with E-state index in [1.165, 1.54) is 6.33 Å². The Labute approximate surface area is 118 Å². The third kappa shape index (κ3) is 2.67. The van der Waals surface area contributed by atoms with E-state index in [9.17, 15) is 4.79 Å². The minimum atomic E-state index is -0.388. The topological polar surface area (TPSA) is 93.4 Å². The van der Waals surface area contributed by atoms with Gasteiger partial charge in [-0.3, -0.25) is 4.79 Å². The highest BCUT2D eigenvalue weighted by atomic mass is 16.5. The van der Waals surface area contributed by atoms with Crippen LogP contribution in [0.1, 0.15) is 25.3 Å². The minimum absolute atomic E-state index is 0.0865. The fourth-order valence-electron chi connectivity index (χ4n) is 2.42. The maximum Gasteiger partial charge on any atom is 0.244 e. The van der Waals surface area contributed by atoms with Gasteiger partial charge in [0.25, 0.3) is 0 Å². The monoisotopic (exact) mass is 279 g/mol. The van der Waals surface area contributed by atoms with E-state index in [0.29, 0.717) is 25.6 Å². The Morgan fingerprint density at radius 1 is 1.55 bits per heavy atom. The van der Waals surface area contributed by atoms with Gasteiger partial charge in [-0.25, -0.2) is 9.97 Å². The molecular weight excluding hydrogens is 258 g/mol. The molecule has 0 aromatic carbocycles. The maximum atomic E-state index is 12.0. The summed E-state index contributed by atoms with van der Waals surface area (Å²) in [6.45, 7) is 5.59. The molecule has 7 nitrogen and oxygen atoms in total. The number of nitrogens with one attached hydrogen (secondary N) is 1. The van der Waals surface area contributed by atoms with Crippen LogP contribution in [0.3, 0.4) is 0 Å². The summed E-state index contributed by atoms with van der Waals surface area (Å²) in [5.41, 5.74) is 6.85. The van der Waals surface area contributed by atoms with Crippen molar-refractivity contribution in [3.05, 3.63) is 11.9 Å². The number of aromatic nitrogens is 2. The Bertz CT molecular complexity index is 492. The highest BCUT2D eigenvalue weighted by Crippen LogP contribution is 2.31. The lowest BCUT2D eigenvalue weighted by atomic mass is 10.0. The molecule has 2 heterocycles. The first-order chi connectivity index (χ1) is 9.56. The van der Waals surface area contributed by atoms with Crippen molar-refractivity contribution in [3.63, 3.8) is 0 Å². The fraction of sp³-hybridized carbons (Fsp3) is 0.615. The number of rotatable bonds is 3. The Morgan fingerprint density at radius 2 is 2.30 bits per heavy atom. The quantitative estimate of drug-likeness (QED) is 0.817. The molecule has 1 fully saturated rings. The summed E-state index contributed by atoms with van der Waals surface area (Å²) in [5, 5.41) is 2.66. The second kappa shape index (κ2) is 6.04. The molecule has 1 unspecified atom stereocenters. The van der Waals surface area contributed by atoms with E-state index in [4.69, 9.17) is 10.5 Å². The molecule has 1 aliphatic rings. The van der Waals surface area contributed by atoms with Gasteiger partial charge in [0.1, 0.15) is 24.0 Å². The van der Waals surface area contributed by atoms with Crippen LogP contribution in [0.15, 0.2) is 6.33 Å². The van der Waals surface area contributed by atoms with Crippen molar-refractivity contribution in [1.29, 1.82) is 0 Å². The molecule has 20 heavy (non-hydrogen) atoms. The second-order valence-corrected chi connectivity index (χ2v) is 5.05. The number of carbonyl (C=O) groups is 1. The van der Waals surface area contributed by atoms with Crippen LogP contribution in [-0.4, -0.2) is 48.7 Å². The number of nitrogens with two attached hydrogens (primary N) is 1. The summed E-state index contributed by atoms with van der Waals surface area (Å²) in [7, 11) is 1.62. The number of hydrogen-bond donors (Lipinski definition) is 2. The second-order valence-electron chi connectivity index (χ2n) is 5.05. The molecule has 7 heteroatoms. The van der Waals surface area contributed by atoms with Gasteiger partial charge >= 0.3 is 0 Å². The molecule has 1 aromatic rings. The number of nitrogen functional groups attached to an aromatic ring is 1. The third-order valence-electron chi connectivity index (χ3n) is 3.42. The molecule has 1 saturated heterocycles. The van der Waals surface area contributed by atoms with E-state index >= 15 is 0 Å². The summed E-state index contributed by atoms with van der Waals surface area (Å²) in [6.07, 6.45) is 1.44. The Hall–Kier alpha value is -1.89. The average Bonchev–Trinajstić information content (AvgIpc) is 2.45. The number of likely N-dealkylation sites (N-methyl/N-ethyl adjacent to an activating group) is 1. The molecular formula is C13H21N5O2. The van der Waals surface area contributed by atoms with Crippen molar-refractivity contribution in [2.75, 3.05) is 37.4 Å². The molecule has 110 valence electrons. The van der Waals surface area contributed by atoms with E-state index in [1.54, 1.807) is 7.05 Å². The zero-order valence-corrected chi connectivity index (χ0v) is 12.1. The number of anilines is 2. The van der Waals surface area contributed by atoms with Gasteiger partial charge in [0, 0.05) is 19.2 Å². The first-order valence-electron chi connectivity index (χ1n) is 6.72. The molecule has 0 aliphatic carbocycles. The van der Waals surface area contributed by atoms with Crippen LogP contribution in [0.25, 0.3) is 0 Å². The number of amides is 1. The van der Waals surface area contributed by atoms with Crippen LogP contribution < -0.4 is 16.0 Å². The number of ether oxygens (including phenoxy) is 1. The molecule has 0 saturated carbocycles. The summed E-state index contributed by atoms with van der Waals surface area (Å²) in [4.78, 5) is 22.4. The van der Waals surface area contributed by atoms with Gasteiger partial charge in [0.2, 0.25) is 5.91 Å². The predicted molar refractivity (Wildman–Crippen MR) is 76.6 cm³/mol. The van der Waals surface area contributed by atoms with E-state index in [2.05, 4.69) is 15.3 Å². The number of morpholine rings is 1. The fourth-order valence-corrected chi connectivity index (χ4v) is 2.42. The van der Waals surface area contributed by atoms with Crippen LogP contribution in [0.2, 0.25) is 0 Å². The van der Waals surface area contributed by atoms with E-state index in [1.807, 2.05) is 18.7 Å². The first-order valence-corrected chi connectivity index (χ1v) is 6.72. The molecule has 0 radical (unpaired) electrons. The highest BCUT2D eigenvalue weighted by molar-refractivity contribution is 5.85. The number of hydrogen-bond acceptors (Lipinski definition) is 6. The number of carbonyl (C=O) groups excluding carboxylic acids is 1. The van der Waals surface area contributed by atoms with Gasteiger partial charge in [-0.1, -0.05) is 13.8 Å². The largest absolute Gasteiger partial charge is 0.383 e. The Kier molecular flexibility index (Phi) is 4.39. The van der Waals surface area contributed by atoms with E-state index in [-0.39, 0.29) is 17.9 Å². The molecule has 1 aliphatic heterocycles. The highest BCUT2D eigenvalue weighted by Gasteiger charge is 2.32. The van der Waals surface area contributed by atoms with Crippen LogP contribution in [0, 0.1) is 0 Å². The van der Waals surface area contributed by atoms with Gasteiger partial charge in [0.05, 0.1) is 13.2 Å². The van der Waals surface area contributed by atoms with Gasteiger partial charge in [0.15, 0.2) is 0 Å². The van der Waals surface area contributed by atoms with E-state index in [0.717, 1.165) is 11.4 Å². The van der Waals surface area contributed by atoms with Crippen LogP contribution >= 0.6 is 0 Å².